The van der Waals surface area contributed by atoms with E-state index in [-0.39, 0.29) is 29.0 Å². The number of nitrogens with one attached hydrogen (secondary N) is 1. The third-order valence-electron chi connectivity index (χ3n) is 4.21. The zero-order chi connectivity index (χ0) is 15.9. The number of thioether (sulfide) groups is 1. The predicted octanol–water partition coefficient (Wildman–Crippen LogP) is 2.66. The second-order valence-corrected chi connectivity index (χ2v) is 8.14. The van der Waals surface area contributed by atoms with Crippen molar-refractivity contribution in [3.8, 4) is 0 Å². The van der Waals surface area contributed by atoms with Gasteiger partial charge in [0.1, 0.15) is 11.9 Å². The maximum absolute atomic E-state index is 13.7. The highest BCUT2D eigenvalue weighted by Gasteiger charge is 2.52. The number of carbonyl (C=O) groups excluding carboxylic acids is 2. The highest BCUT2D eigenvalue weighted by Crippen LogP contribution is 2.47. The molecule has 22 heavy (non-hydrogen) atoms. The lowest BCUT2D eigenvalue weighted by atomic mass is 10.2. The molecule has 1 aromatic rings. The maximum Gasteiger partial charge on any atom is 0.243 e. The van der Waals surface area contributed by atoms with Gasteiger partial charge in [-0.25, -0.2) is 4.39 Å². The van der Waals surface area contributed by atoms with Crippen molar-refractivity contribution in [2.24, 2.45) is 0 Å². The fraction of sp³-hybridized carbons (Fsp3) is 0.467. The van der Waals surface area contributed by atoms with Gasteiger partial charge in [0.15, 0.2) is 0 Å². The van der Waals surface area contributed by atoms with Crippen LogP contribution in [0.4, 0.5) is 4.39 Å². The Morgan fingerprint density at radius 3 is 3.14 bits per heavy atom. The van der Waals surface area contributed by atoms with E-state index in [1.807, 2.05) is 6.92 Å². The molecule has 2 saturated heterocycles. The van der Waals surface area contributed by atoms with Gasteiger partial charge in [-0.15, -0.1) is 11.8 Å². The summed E-state index contributed by atoms with van der Waals surface area (Å²) in [6, 6.07) is 4.16. The second-order valence-electron chi connectivity index (χ2n) is 5.72. The van der Waals surface area contributed by atoms with Crippen molar-refractivity contribution in [2.75, 3.05) is 5.75 Å². The molecule has 2 unspecified atom stereocenters. The van der Waals surface area contributed by atoms with Gasteiger partial charge in [-0.05, 0) is 31.5 Å². The summed E-state index contributed by atoms with van der Waals surface area (Å²) in [7, 11) is 0. The van der Waals surface area contributed by atoms with Crippen molar-refractivity contribution in [1.82, 2.24) is 10.2 Å². The smallest absolute Gasteiger partial charge is 0.243 e. The van der Waals surface area contributed by atoms with Crippen molar-refractivity contribution in [3.63, 3.8) is 0 Å². The number of amides is 2. The number of fused-ring (bicyclic) bond motifs is 1. The van der Waals surface area contributed by atoms with Gasteiger partial charge in [0, 0.05) is 28.8 Å². The van der Waals surface area contributed by atoms with Crippen LogP contribution in [0.25, 0.3) is 0 Å². The summed E-state index contributed by atoms with van der Waals surface area (Å²) in [6.45, 7) is 2.12. The van der Waals surface area contributed by atoms with Crippen LogP contribution in [-0.4, -0.2) is 33.4 Å². The lowest BCUT2D eigenvalue weighted by Gasteiger charge is -2.29. The van der Waals surface area contributed by atoms with Gasteiger partial charge in [0.25, 0.3) is 0 Å². The Morgan fingerprint density at radius 2 is 2.36 bits per heavy atom. The minimum Gasteiger partial charge on any atom is -0.350 e. The van der Waals surface area contributed by atoms with Gasteiger partial charge >= 0.3 is 0 Å². The van der Waals surface area contributed by atoms with Gasteiger partial charge in [-0.3, -0.25) is 9.59 Å². The van der Waals surface area contributed by atoms with E-state index in [9.17, 15) is 14.0 Å². The van der Waals surface area contributed by atoms with E-state index < -0.39 is 6.04 Å². The molecular formula is C15H16BrFN2O2S. The van der Waals surface area contributed by atoms with Crippen molar-refractivity contribution >= 4 is 39.5 Å². The van der Waals surface area contributed by atoms with Crippen LogP contribution in [0.3, 0.4) is 0 Å². The largest absolute Gasteiger partial charge is 0.350 e. The summed E-state index contributed by atoms with van der Waals surface area (Å²) < 4.78 is 14.5. The normalized spacial score (nSPS) is 27.1. The van der Waals surface area contributed by atoms with Crippen LogP contribution in [0, 0.1) is 5.82 Å². The molecule has 1 N–H and O–H groups in total. The Kier molecular flexibility index (Phi) is 4.20. The molecule has 2 fully saturated rings. The number of benzene rings is 1. The molecule has 118 valence electrons. The molecule has 2 atom stereocenters. The van der Waals surface area contributed by atoms with E-state index in [1.165, 1.54) is 6.07 Å². The Bertz CT molecular complexity index is 642. The van der Waals surface area contributed by atoms with Crippen LogP contribution in [0.15, 0.2) is 22.7 Å². The summed E-state index contributed by atoms with van der Waals surface area (Å²) in [4.78, 5) is 25.8. The van der Waals surface area contributed by atoms with Crippen molar-refractivity contribution in [2.45, 2.75) is 37.2 Å². The third-order valence-corrected chi connectivity index (χ3v) is 6.21. The summed E-state index contributed by atoms with van der Waals surface area (Å²) in [6.07, 6.45) is 1.27. The van der Waals surface area contributed by atoms with Crippen LogP contribution >= 0.6 is 27.7 Å². The average molecular weight is 387 g/mol. The average Bonchev–Trinajstić information content (AvgIpc) is 2.97. The molecule has 2 aliphatic rings. The number of halogens is 2. The molecule has 4 nitrogen and oxygen atoms in total. The number of nitrogens with zero attached hydrogens (tertiary/aromatic N) is 1. The Morgan fingerprint density at radius 1 is 1.59 bits per heavy atom. The van der Waals surface area contributed by atoms with Crippen LogP contribution in [-0.2, 0) is 16.1 Å². The second kappa shape index (κ2) is 5.85. The zero-order valence-electron chi connectivity index (χ0n) is 12.1. The molecule has 1 aromatic carbocycles. The monoisotopic (exact) mass is 386 g/mol. The van der Waals surface area contributed by atoms with Crippen LogP contribution in [0.5, 0.6) is 0 Å². The molecule has 0 spiro atoms. The topological polar surface area (TPSA) is 49.4 Å². The fourth-order valence-corrected chi connectivity index (χ4v) is 4.83. The molecule has 2 aliphatic heterocycles. The lowest BCUT2D eigenvalue weighted by molar-refractivity contribution is -0.138. The Labute approximate surface area is 140 Å². The van der Waals surface area contributed by atoms with Gasteiger partial charge in [-0.1, -0.05) is 15.9 Å². The van der Waals surface area contributed by atoms with Crippen LogP contribution in [0.2, 0.25) is 0 Å². The van der Waals surface area contributed by atoms with Crippen molar-refractivity contribution < 1.29 is 14.0 Å². The first-order chi connectivity index (χ1) is 10.4. The molecule has 2 heterocycles. The van der Waals surface area contributed by atoms with E-state index >= 15 is 0 Å². The fourth-order valence-electron chi connectivity index (χ4n) is 2.99. The Balaban J connectivity index is 1.68. The minimum absolute atomic E-state index is 0.0290. The first kappa shape index (κ1) is 15.8. The summed E-state index contributed by atoms with van der Waals surface area (Å²) in [5.41, 5.74) is 0.420. The molecule has 0 bridgehead atoms. The van der Waals surface area contributed by atoms with Gasteiger partial charge in [-0.2, -0.15) is 0 Å². The first-order valence-electron chi connectivity index (χ1n) is 7.08. The van der Waals surface area contributed by atoms with Crippen molar-refractivity contribution in [1.29, 1.82) is 0 Å². The number of carbonyl (C=O) groups is 2. The van der Waals surface area contributed by atoms with Crippen molar-refractivity contribution in [3.05, 3.63) is 34.1 Å². The highest BCUT2D eigenvalue weighted by molar-refractivity contribution is 9.10. The minimum atomic E-state index is -0.458. The van der Waals surface area contributed by atoms with E-state index in [4.69, 9.17) is 0 Å². The molecular weight excluding hydrogens is 371 g/mol. The zero-order valence-corrected chi connectivity index (χ0v) is 14.5. The Hall–Kier alpha value is -1.08. The lowest BCUT2D eigenvalue weighted by Crippen LogP contribution is -2.49. The SMILES string of the molecule is CC12CCC(=O)N1C(C(=O)NCc1cc(Br)ccc1F)CS2. The van der Waals surface area contributed by atoms with E-state index in [2.05, 4.69) is 21.2 Å². The molecule has 0 aliphatic carbocycles. The van der Waals surface area contributed by atoms with Crippen LogP contribution < -0.4 is 5.32 Å². The van der Waals surface area contributed by atoms with E-state index in [0.29, 0.717) is 17.7 Å². The molecule has 7 heteroatoms. The van der Waals surface area contributed by atoms with E-state index in [0.717, 1.165) is 10.9 Å². The predicted molar refractivity (Wildman–Crippen MR) is 86.7 cm³/mol. The van der Waals surface area contributed by atoms with Crippen LogP contribution in [0.1, 0.15) is 25.3 Å². The quantitative estimate of drug-likeness (QED) is 0.868. The molecule has 0 radical (unpaired) electrons. The number of rotatable bonds is 3. The maximum atomic E-state index is 13.7. The third kappa shape index (κ3) is 2.76. The summed E-state index contributed by atoms with van der Waals surface area (Å²) >= 11 is 4.93. The molecule has 2 amide bonds. The molecule has 3 rings (SSSR count). The van der Waals surface area contributed by atoms with Gasteiger partial charge < -0.3 is 10.2 Å². The summed E-state index contributed by atoms with van der Waals surface area (Å²) in [5.74, 6) is 0.0493. The highest BCUT2D eigenvalue weighted by atomic mass is 79.9. The summed E-state index contributed by atoms with van der Waals surface area (Å²) in [5, 5.41) is 2.75. The molecule has 0 saturated carbocycles. The number of hydrogen-bond acceptors (Lipinski definition) is 3. The van der Waals surface area contributed by atoms with E-state index in [1.54, 1.807) is 28.8 Å². The standard InChI is InChI=1S/C15H16BrFN2O2S/c1-15-5-4-13(20)19(15)12(8-22-15)14(21)18-7-9-6-10(16)2-3-11(9)17/h2-3,6,12H,4-5,7-8H2,1H3,(H,18,21). The molecule has 0 aromatic heterocycles. The van der Waals surface area contributed by atoms with Gasteiger partial charge in [0.2, 0.25) is 11.8 Å². The number of hydrogen-bond donors (Lipinski definition) is 1. The van der Waals surface area contributed by atoms with Gasteiger partial charge in [0.05, 0.1) is 4.87 Å². The first-order valence-corrected chi connectivity index (χ1v) is 8.86.